The Bertz CT molecular complexity index is 440. The molecule has 1 aliphatic heterocycles. The molecule has 0 spiro atoms. The van der Waals surface area contributed by atoms with Crippen LogP contribution in [0.3, 0.4) is 0 Å². The molecule has 6 heteroatoms. The largest absolute Gasteiger partial charge is 0.454 e. The number of nitrogens with one attached hydrogen (secondary N) is 1. The van der Waals surface area contributed by atoms with Crippen LogP contribution in [0.15, 0.2) is 16.5 Å². The summed E-state index contributed by atoms with van der Waals surface area (Å²) in [4.78, 5) is 0. The van der Waals surface area contributed by atoms with Crippen molar-refractivity contribution in [2.45, 2.75) is 25.4 Å². The van der Waals surface area contributed by atoms with E-state index in [1.807, 2.05) is 12.1 Å². The van der Waals surface area contributed by atoms with Crippen LogP contribution in [0.2, 0.25) is 0 Å². The molecule has 1 fully saturated rings. The van der Waals surface area contributed by atoms with E-state index in [1.54, 1.807) is 0 Å². The van der Waals surface area contributed by atoms with Gasteiger partial charge in [0.2, 0.25) is 0 Å². The maximum absolute atomic E-state index is 11.2. The molecule has 1 aromatic heterocycles. The highest BCUT2D eigenvalue weighted by atomic mass is 127. The maximum atomic E-state index is 11.2. The van der Waals surface area contributed by atoms with E-state index in [2.05, 4.69) is 27.9 Å². The Balaban J connectivity index is 1.80. The van der Waals surface area contributed by atoms with Crippen LogP contribution in [0.5, 0.6) is 0 Å². The van der Waals surface area contributed by atoms with Crippen LogP contribution in [0.4, 0.5) is 0 Å². The van der Waals surface area contributed by atoms with Gasteiger partial charge in [-0.1, -0.05) is 0 Å². The minimum Gasteiger partial charge on any atom is -0.454 e. The van der Waals surface area contributed by atoms with Gasteiger partial charge >= 0.3 is 0 Å². The lowest BCUT2D eigenvalue weighted by Crippen LogP contribution is -2.37. The zero-order chi connectivity index (χ0) is 11.6. The molecular formula is C10H14INO3S. The minimum atomic E-state index is -2.76. The highest BCUT2D eigenvalue weighted by Gasteiger charge is 2.23. The Hall–Kier alpha value is -0.0800. The average molecular weight is 355 g/mol. The van der Waals surface area contributed by atoms with Crippen molar-refractivity contribution in [1.82, 2.24) is 5.32 Å². The first-order chi connectivity index (χ1) is 7.55. The standard InChI is InChI=1S/C10H14INO3S/c11-10-2-1-9(15-10)7-12-8-3-5-16(13,14)6-4-8/h1-2,8,12H,3-7H2. The Labute approximate surface area is 109 Å². The molecule has 0 atom stereocenters. The van der Waals surface area contributed by atoms with Crippen molar-refractivity contribution in [3.8, 4) is 0 Å². The van der Waals surface area contributed by atoms with Crippen LogP contribution in [-0.2, 0) is 16.4 Å². The van der Waals surface area contributed by atoms with Crippen LogP contribution in [0.1, 0.15) is 18.6 Å². The summed E-state index contributed by atoms with van der Waals surface area (Å²) < 4.78 is 28.7. The van der Waals surface area contributed by atoms with Gasteiger partial charge in [-0.3, -0.25) is 0 Å². The summed E-state index contributed by atoms with van der Waals surface area (Å²) in [6, 6.07) is 4.16. The molecule has 0 bridgehead atoms. The first kappa shape index (κ1) is 12.4. The lowest BCUT2D eigenvalue weighted by molar-refractivity contribution is 0.413. The number of halogens is 1. The third kappa shape index (κ3) is 3.46. The molecule has 2 rings (SSSR count). The molecular weight excluding hydrogens is 341 g/mol. The number of hydrogen-bond donors (Lipinski definition) is 1. The molecule has 16 heavy (non-hydrogen) atoms. The van der Waals surface area contributed by atoms with Gasteiger partial charge in [-0.05, 0) is 47.6 Å². The van der Waals surface area contributed by atoms with Crippen molar-refractivity contribution in [2.75, 3.05) is 11.5 Å². The van der Waals surface area contributed by atoms with Crippen LogP contribution < -0.4 is 5.32 Å². The normalized spacial score (nSPS) is 21.1. The summed E-state index contributed by atoms with van der Waals surface area (Å²) in [6.45, 7) is 0.674. The zero-order valence-corrected chi connectivity index (χ0v) is 11.8. The third-order valence-corrected chi connectivity index (χ3v) is 5.04. The van der Waals surface area contributed by atoms with Crippen molar-refractivity contribution in [3.63, 3.8) is 0 Å². The van der Waals surface area contributed by atoms with E-state index in [9.17, 15) is 8.42 Å². The molecule has 4 nitrogen and oxygen atoms in total. The van der Waals surface area contributed by atoms with Crippen LogP contribution in [0, 0.1) is 3.77 Å². The first-order valence-electron chi connectivity index (χ1n) is 5.23. The Morgan fingerprint density at radius 1 is 1.38 bits per heavy atom. The van der Waals surface area contributed by atoms with Crippen molar-refractivity contribution >= 4 is 32.4 Å². The maximum Gasteiger partial charge on any atom is 0.164 e. The lowest BCUT2D eigenvalue weighted by atomic mass is 10.1. The van der Waals surface area contributed by atoms with Gasteiger partial charge in [0, 0.05) is 6.04 Å². The summed E-state index contributed by atoms with van der Waals surface area (Å²) in [6.07, 6.45) is 1.42. The van der Waals surface area contributed by atoms with E-state index in [0.29, 0.717) is 36.9 Å². The topological polar surface area (TPSA) is 59.3 Å². The summed E-state index contributed by atoms with van der Waals surface area (Å²) >= 11 is 2.13. The second-order valence-corrected chi connectivity index (χ2v) is 7.38. The van der Waals surface area contributed by atoms with Crippen LogP contribution >= 0.6 is 22.6 Å². The predicted molar refractivity (Wildman–Crippen MR) is 69.9 cm³/mol. The van der Waals surface area contributed by atoms with Gasteiger partial charge in [-0.2, -0.15) is 0 Å². The molecule has 0 aliphatic carbocycles. The SMILES string of the molecule is O=S1(=O)CCC(NCc2ccc(I)o2)CC1. The van der Waals surface area contributed by atoms with E-state index in [0.717, 1.165) is 9.53 Å². The fraction of sp³-hybridized carbons (Fsp3) is 0.600. The van der Waals surface area contributed by atoms with Crippen LogP contribution in [0.25, 0.3) is 0 Å². The second-order valence-electron chi connectivity index (χ2n) is 4.01. The monoisotopic (exact) mass is 355 g/mol. The van der Waals surface area contributed by atoms with Crippen molar-refractivity contribution in [2.24, 2.45) is 0 Å². The van der Waals surface area contributed by atoms with E-state index in [4.69, 9.17) is 4.42 Å². The number of rotatable bonds is 3. The molecule has 0 radical (unpaired) electrons. The molecule has 1 aromatic rings. The Kier molecular flexibility index (Phi) is 3.91. The molecule has 1 aliphatic rings. The van der Waals surface area contributed by atoms with Gasteiger partial charge in [-0.25, -0.2) is 8.42 Å². The van der Waals surface area contributed by atoms with Crippen molar-refractivity contribution < 1.29 is 12.8 Å². The highest BCUT2D eigenvalue weighted by molar-refractivity contribution is 14.1. The Morgan fingerprint density at radius 2 is 2.06 bits per heavy atom. The molecule has 0 aromatic carbocycles. The molecule has 90 valence electrons. The molecule has 1 saturated heterocycles. The van der Waals surface area contributed by atoms with E-state index in [-0.39, 0.29) is 0 Å². The van der Waals surface area contributed by atoms with Gasteiger partial charge in [0.15, 0.2) is 3.77 Å². The number of hydrogen-bond acceptors (Lipinski definition) is 4. The summed E-state index contributed by atoms with van der Waals surface area (Å²) in [5.41, 5.74) is 0. The highest BCUT2D eigenvalue weighted by Crippen LogP contribution is 2.14. The number of furan rings is 1. The van der Waals surface area contributed by atoms with Crippen molar-refractivity contribution in [1.29, 1.82) is 0 Å². The molecule has 1 N–H and O–H groups in total. The van der Waals surface area contributed by atoms with Crippen LogP contribution in [-0.4, -0.2) is 26.0 Å². The second kappa shape index (κ2) is 5.05. The van der Waals surface area contributed by atoms with Crippen molar-refractivity contribution in [3.05, 3.63) is 21.7 Å². The number of sulfone groups is 1. The fourth-order valence-corrected chi connectivity index (χ4v) is 3.74. The summed E-state index contributed by atoms with van der Waals surface area (Å²) in [5, 5.41) is 3.33. The molecule has 0 saturated carbocycles. The van der Waals surface area contributed by atoms with Gasteiger partial charge < -0.3 is 9.73 Å². The minimum absolute atomic E-state index is 0.297. The quantitative estimate of drug-likeness (QED) is 0.836. The van der Waals surface area contributed by atoms with E-state index in [1.165, 1.54) is 0 Å². The van der Waals surface area contributed by atoms with E-state index < -0.39 is 9.84 Å². The lowest BCUT2D eigenvalue weighted by Gasteiger charge is -2.22. The summed E-state index contributed by atoms with van der Waals surface area (Å²) in [7, 11) is -2.76. The Morgan fingerprint density at radius 3 is 2.62 bits per heavy atom. The smallest absolute Gasteiger partial charge is 0.164 e. The predicted octanol–water partition coefficient (Wildman–Crippen LogP) is 1.55. The summed E-state index contributed by atoms with van der Waals surface area (Å²) in [5.74, 6) is 1.51. The average Bonchev–Trinajstić information content (AvgIpc) is 2.63. The molecule has 0 amide bonds. The first-order valence-corrected chi connectivity index (χ1v) is 8.13. The van der Waals surface area contributed by atoms with Gasteiger partial charge in [-0.15, -0.1) is 0 Å². The molecule has 2 heterocycles. The fourth-order valence-electron chi connectivity index (χ4n) is 1.79. The molecule has 0 unspecified atom stereocenters. The zero-order valence-electron chi connectivity index (χ0n) is 8.78. The van der Waals surface area contributed by atoms with E-state index >= 15 is 0 Å². The third-order valence-electron chi connectivity index (χ3n) is 2.75. The van der Waals surface area contributed by atoms with Gasteiger partial charge in [0.05, 0.1) is 18.1 Å². The van der Waals surface area contributed by atoms with Gasteiger partial charge in [0.1, 0.15) is 15.6 Å². The van der Waals surface area contributed by atoms with Gasteiger partial charge in [0.25, 0.3) is 0 Å².